The average Bonchev–Trinajstić information content (AvgIpc) is 3.39. The van der Waals surface area contributed by atoms with Gasteiger partial charge in [0.05, 0.1) is 30.7 Å². The number of hydrogen-bond acceptors (Lipinski definition) is 8. The zero-order valence-corrected chi connectivity index (χ0v) is 26.6. The molecule has 5 rings (SSSR count). The fourth-order valence-corrected chi connectivity index (χ4v) is 5.84. The first-order valence-corrected chi connectivity index (χ1v) is 15.6. The second-order valence-electron chi connectivity index (χ2n) is 12.1. The number of aromatic nitrogens is 4. The quantitative estimate of drug-likeness (QED) is 0.169. The summed E-state index contributed by atoms with van der Waals surface area (Å²) in [5, 5.41) is 21.3. The topological polar surface area (TPSA) is 177 Å². The van der Waals surface area contributed by atoms with Crippen LogP contribution in [0.5, 0.6) is 0 Å². The Hall–Kier alpha value is -5.14. The summed E-state index contributed by atoms with van der Waals surface area (Å²) in [4.78, 5) is 55.4. The fourth-order valence-electron chi connectivity index (χ4n) is 5.84. The lowest BCUT2D eigenvalue weighted by atomic mass is 9.90. The maximum atomic E-state index is 13.5. The van der Waals surface area contributed by atoms with Crippen molar-refractivity contribution in [1.29, 1.82) is 0 Å². The van der Waals surface area contributed by atoms with Crippen molar-refractivity contribution in [3.63, 3.8) is 0 Å². The molecule has 246 valence electrons. The molecule has 1 aliphatic heterocycles. The maximum Gasteiger partial charge on any atom is 0.281 e. The summed E-state index contributed by atoms with van der Waals surface area (Å²) in [7, 11) is 1.75. The Balaban J connectivity index is 1.19. The summed E-state index contributed by atoms with van der Waals surface area (Å²) in [6.07, 6.45) is 4.83. The molecule has 1 atom stereocenters. The zero-order valence-electron chi connectivity index (χ0n) is 26.6. The molecule has 13 heteroatoms. The van der Waals surface area contributed by atoms with E-state index < -0.39 is 11.5 Å². The number of aryl methyl sites for hydroxylation is 1. The molecule has 5 N–H and O–H groups in total. The number of nitrogens with two attached hydrogens (primary N) is 1. The molecule has 0 spiro atoms. The summed E-state index contributed by atoms with van der Waals surface area (Å²) in [5.41, 5.74) is 7.71. The molecule has 0 bridgehead atoms. The smallest absolute Gasteiger partial charge is 0.281 e. The SMILES string of the molecule is CC(CC(=O)N1CCC(O)(Cn2cnc3c(-c4ccc(CNCC(=O)NC=CC(N)=O)cc4)n(C)nc3c2=O)CC1)c1ccccc1. The lowest BCUT2D eigenvalue weighted by Crippen LogP contribution is -2.49. The van der Waals surface area contributed by atoms with Gasteiger partial charge in [0.25, 0.3) is 5.56 Å². The van der Waals surface area contributed by atoms with Gasteiger partial charge in [-0.2, -0.15) is 5.10 Å². The normalized spacial score (nSPS) is 15.2. The second kappa shape index (κ2) is 14.5. The van der Waals surface area contributed by atoms with Crippen molar-refractivity contribution in [2.75, 3.05) is 19.6 Å². The predicted molar refractivity (Wildman–Crippen MR) is 177 cm³/mol. The Morgan fingerprint density at radius 1 is 1.06 bits per heavy atom. The number of fused-ring (bicyclic) bond motifs is 1. The highest BCUT2D eigenvalue weighted by atomic mass is 16.3. The molecule has 2 aromatic heterocycles. The van der Waals surface area contributed by atoms with E-state index in [1.165, 1.54) is 17.1 Å². The van der Waals surface area contributed by atoms with E-state index in [0.29, 0.717) is 50.1 Å². The van der Waals surface area contributed by atoms with E-state index in [1.54, 1.807) is 16.6 Å². The third kappa shape index (κ3) is 8.18. The lowest BCUT2D eigenvalue weighted by Gasteiger charge is -2.38. The van der Waals surface area contributed by atoms with E-state index in [0.717, 1.165) is 22.8 Å². The summed E-state index contributed by atoms with van der Waals surface area (Å²) in [6, 6.07) is 17.6. The minimum atomic E-state index is -1.15. The number of nitrogens with zero attached hydrogens (tertiary/aromatic N) is 5. The van der Waals surface area contributed by atoms with Crippen LogP contribution in [-0.4, -0.2) is 72.3 Å². The fraction of sp³-hybridized carbons (Fsp3) is 0.353. The monoisotopic (exact) mass is 640 g/mol. The van der Waals surface area contributed by atoms with E-state index in [4.69, 9.17) is 5.73 Å². The third-order valence-electron chi connectivity index (χ3n) is 8.51. The van der Waals surface area contributed by atoms with Crippen molar-refractivity contribution in [3.05, 3.63) is 94.7 Å². The molecular formula is C34H40N8O5. The van der Waals surface area contributed by atoms with Gasteiger partial charge in [0.1, 0.15) is 5.52 Å². The lowest BCUT2D eigenvalue weighted by molar-refractivity contribution is -0.136. The van der Waals surface area contributed by atoms with Crippen LogP contribution < -0.4 is 21.9 Å². The minimum absolute atomic E-state index is 0.0486. The first kappa shape index (κ1) is 33.2. The molecule has 47 heavy (non-hydrogen) atoms. The van der Waals surface area contributed by atoms with Gasteiger partial charge in [-0.25, -0.2) is 4.98 Å². The molecule has 0 saturated carbocycles. The van der Waals surface area contributed by atoms with Crippen LogP contribution in [0.15, 0.2) is 78.0 Å². The number of nitrogens with one attached hydrogen (secondary N) is 2. The van der Waals surface area contributed by atoms with Crippen LogP contribution in [-0.2, 0) is 34.5 Å². The number of rotatable bonds is 12. The highest BCUT2D eigenvalue weighted by molar-refractivity contribution is 5.89. The Labute approximate surface area is 272 Å². The number of piperidine rings is 1. The summed E-state index contributed by atoms with van der Waals surface area (Å²) >= 11 is 0. The Kier molecular flexibility index (Phi) is 10.3. The molecule has 1 aliphatic rings. The van der Waals surface area contributed by atoms with Crippen molar-refractivity contribution in [2.45, 2.75) is 50.8 Å². The minimum Gasteiger partial charge on any atom is -0.388 e. The molecular weight excluding hydrogens is 600 g/mol. The van der Waals surface area contributed by atoms with Gasteiger partial charge in [0.15, 0.2) is 5.52 Å². The van der Waals surface area contributed by atoms with Gasteiger partial charge in [-0.3, -0.25) is 28.4 Å². The molecule has 1 saturated heterocycles. The van der Waals surface area contributed by atoms with E-state index in [1.807, 2.05) is 61.5 Å². The first-order chi connectivity index (χ1) is 22.5. The zero-order chi connectivity index (χ0) is 33.6. The van der Waals surface area contributed by atoms with Crippen molar-refractivity contribution in [3.8, 4) is 11.3 Å². The Morgan fingerprint density at radius 2 is 1.77 bits per heavy atom. The molecule has 3 amide bonds. The highest BCUT2D eigenvalue weighted by Gasteiger charge is 2.35. The molecule has 2 aromatic carbocycles. The molecule has 1 unspecified atom stereocenters. The van der Waals surface area contributed by atoms with Crippen molar-refractivity contribution < 1.29 is 19.5 Å². The number of primary amides is 1. The van der Waals surface area contributed by atoms with Gasteiger partial charge in [-0.15, -0.1) is 0 Å². The first-order valence-electron chi connectivity index (χ1n) is 15.6. The number of hydrogen-bond donors (Lipinski definition) is 4. The summed E-state index contributed by atoms with van der Waals surface area (Å²) in [6.45, 7) is 3.42. The van der Waals surface area contributed by atoms with Crippen molar-refractivity contribution in [2.24, 2.45) is 12.8 Å². The predicted octanol–water partition coefficient (Wildman–Crippen LogP) is 1.55. The Bertz CT molecular complexity index is 1820. The molecule has 3 heterocycles. The van der Waals surface area contributed by atoms with Gasteiger partial charge in [-0.1, -0.05) is 61.5 Å². The highest BCUT2D eigenvalue weighted by Crippen LogP contribution is 2.28. The largest absolute Gasteiger partial charge is 0.388 e. The molecule has 0 aliphatic carbocycles. The number of aliphatic hydroxyl groups is 1. The van der Waals surface area contributed by atoms with Gasteiger partial charge in [-0.05, 0) is 29.9 Å². The number of carbonyl (C=O) groups is 3. The number of likely N-dealkylation sites (tertiary alicyclic amines) is 1. The molecule has 1 fully saturated rings. The van der Waals surface area contributed by atoms with E-state index in [9.17, 15) is 24.3 Å². The Morgan fingerprint density at radius 3 is 2.45 bits per heavy atom. The van der Waals surface area contributed by atoms with E-state index in [2.05, 4.69) is 20.7 Å². The van der Waals surface area contributed by atoms with Crippen LogP contribution in [0.25, 0.3) is 22.3 Å². The van der Waals surface area contributed by atoms with Crippen LogP contribution in [0.3, 0.4) is 0 Å². The van der Waals surface area contributed by atoms with Crippen LogP contribution in [0.4, 0.5) is 0 Å². The van der Waals surface area contributed by atoms with Gasteiger partial charge in [0, 0.05) is 50.9 Å². The summed E-state index contributed by atoms with van der Waals surface area (Å²) in [5.74, 6) is -0.795. The maximum absolute atomic E-state index is 13.5. The molecule has 4 aromatic rings. The molecule has 13 nitrogen and oxygen atoms in total. The van der Waals surface area contributed by atoms with E-state index >= 15 is 0 Å². The van der Waals surface area contributed by atoms with Crippen LogP contribution in [0, 0.1) is 0 Å². The van der Waals surface area contributed by atoms with Crippen LogP contribution >= 0.6 is 0 Å². The number of carbonyl (C=O) groups excluding carboxylic acids is 3. The molecule has 0 radical (unpaired) electrons. The van der Waals surface area contributed by atoms with Crippen LogP contribution in [0.1, 0.15) is 43.2 Å². The van der Waals surface area contributed by atoms with Crippen molar-refractivity contribution in [1.82, 2.24) is 34.9 Å². The van der Waals surface area contributed by atoms with Gasteiger partial charge < -0.3 is 26.4 Å². The van der Waals surface area contributed by atoms with Gasteiger partial charge >= 0.3 is 0 Å². The van der Waals surface area contributed by atoms with Crippen molar-refractivity contribution >= 4 is 28.8 Å². The summed E-state index contributed by atoms with van der Waals surface area (Å²) < 4.78 is 3.03. The standard InChI is InChI=1S/C34H40N8O5/c1-23(25-6-4-3-5-7-25)18-29(45)41-16-13-34(47,14-17-41)21-42-22-38-30-31(33(42)46)39-40(2)32(30)26-10-8-24(9-11-26)19-36-20-28(44)37-15-12-27(35)43/h3-12,15,22-23,36,47H,13-14,16-21H2,1-2H3,(H2,35,43)(H,37,44). The van der Waals surface area contributed by atoms with Crippen LogP contribution in [0.2, 0.25) is 0 Å². The number of amides is 3. The third-order valence-corrected chi connectivity index (χ3v) is 8.51. The van der Waals surface area contributed by atoms with E-state index in [-0.39, 0.29) is 41.9 Å². The second-order valence-corrected chi connectivity index (χ2v) is 12.1. The number of benzene rings is 2. The van der Waals surface area contributed by atoms with Gasteiger partial charge in [0.2, 0.25) is 17.7 Å². The average molecular weight is 641 g/mol.